The first kappa shape index (κ1) is 11.3. The van der Waals surface area contributed by atoms with Gasteiger partial charge in [0.15, 0.2) is 0 Å². The van der Waals surface area contributed by atoms with Gasteiger partial charge in [0, 0.05) is 24.2 Å². The van der Waals surface area contributed by atoms with Crippen LogP contribution in [0.2, 0.25) is 0 Å². The van der Waals surface area contributed by atoms with Crippen LogP contribution in [0.15, 0.2) is 36.8 Å². The Morgan fingerprint density at radius 3 is 2.56 bits per heavy atom. The Morgan fingerprint density at radius 2 is 1.94 bits per heavy atom. The molecule has 0 unspecified atom stereocenters. The molecule has 3 heterocycles. The highest BCUT2D eigenvalue weighted by atomic mass is 16.5. The number of ether oxygens (including phenoxy) is 1. The monoisotopic (exact) mass is 243 g/mol. The van der Waals surface area contributed by atoms with Crippen molar-refractivity contribution < 1.29 is 9.84 Å². The van der Waals surface area contributed by atoms with E-state index in [1.807, 2.05) is 18.2 Å². The molecule has 3 rings (SSSR count). The summed E-state index contributed by atoms with van der Waals surface area (Å²) < 4.78 is 5.18. The zero-order chi connectivity index (χ0) is 12.4. The second kappa shape index (κ2) is 4.44. The van der Waals surface area contributed by atoms with Crippen LogP contribution in [-0.4, -0.2) is 39.9 Å². The summed E-state index contributed by atoms with van der Waals surface area (Å²) in [5.41, 5.74) is 1.40. The van der Waals surface area contributed by atoms with E-state index in [2.05, 4.69) is 15.0 Å². The maximum Gasteiger partial charge on any atom is 0.142 e. The van der Waals surface area contributed by atoms with Crippen molar-refractivity contribution in [1.82, 2.24) is 15.0 Å². The minimum Gasteiger partial charge on any atom is -0.395 e. The van der Waals surface area contributed by atoms with Crippen LogP contribution in [0.25, 0.3) is 11.3 Å². The molecule has 2 aromatic rings. The summed E-state index contributed by atoms with van der Waals surface area (Å²) in [6, 6.07) is 5.65. The fourth-order valence-corrected chi connectivity index (χ4v) is 1.94. The lowest BCUT2D eigenvalue weighted by atomic mass is 9.86. The molecule has 0 bridgehead atoms. The highest BCUT2D eigenvalue weighted by Crippen LogP contribution is 2.30. The molecule has 1 aliphatic rings. The first-order valence-electron chi connectivity index (χ1n) is 5.77. The molecule has 1 aliphatic heterocycles. The minimum absolute atomic E-state index is 0.00674. The molecule has 1 fully saturated rings. The lowest BCUT2D eigenvalue weighted by Crippen LogP contribution is -2.51. The van der Waals surface area contributed by atoms with E-state index in [1.165, 1.54) is 0 Å². The Bertz CT molecular complexity index is 535. The van der Waals surface area contributed by atoms with Crippen LogP contribution in [0.1, 0.15) is 5.82 Å². The molecule has 5 nitrogen and oxygen atoms in total. The second-order valence-corrected chi connectivity index (χ2v) is 4.43. The van der Waals surface area contributed by atoms with E-state index in [1.54, 1.807) is 18.6 Å². The Morgan fingerprint density at radius 1 is 1.17 bits per heavy atom. The van der Waals surface area contributed by atoms with Gasteiger partial charge in [0.1, 0.15) is 5.82 Å². The van der Waals surface area contributed by atoms with Gasteiger partial charge in [-0.1, -0.05) is 0 Å². The molecule has 0 atom stereocenters. The van der Waals surface area contributed by atoms with E-state index < -0.39 is 5.41 Å². The molecule has 0 amide bonds. The molecular formula is C13H13N3O2. The average Bonchev–Trinajstić information content (AvgIpc) is 2.40. The molecule has 0 aromatic carbocycles. The van der Waals surface area contributed by atoms with E-state index in [-0.39, 0.29) is 6.61 Å². The molecule has 92 valence electrons. The molecule has 0 aliphatic carbocycles. The van der Waals surface area contributed by atoms with Gasteiger partial charge in [0.25, 0.3) is 0 Å². The Labute approximate surface area is 105 Å². The minimum atomic E-state index is -0.428. The number of hydrogen-bond acceptors (Lipinski definition) is 5. The van der Waals surface area contributed by atoms with Gasteiger partial charge in [0.05, 0.1) is 30.9 Å². The average molecular weight is 243 g/mol. The maximum atomic E-state index is 9.48. The highest BCUT2D eigenvalue weighted by Gasteiger charge is 2.42. The molecular weight excluding hydrogens is 230 g/mol. The van der Waals surface area contributed by atoms with Gasteiger partial charge < -0.3 is 9.84 Å². The Kier molecular flexibility index (Phi) is 2.77. The number of pyridine rings is 1. The summed E-state index contributed by atoms with van der Waals surface area (Å²) in [4.78, 5) is 12.8. The van der Waals surface area contributed by atoms with Crippen molar-refractivity contribution in [1.29, 1.82) is 0 Å². The Balaban J connectivity index is 1.99. The second-order valence-electron chi connectivity index (χ2n) is 4.43. The number of aromatic nitrogens is 3. The number of nitrogens with zero attached hydrogens (tertiary/aromatic N) is 3. The van der Waals surface area contributed by atoms with E-state index in [0.717, 1.165) is 11.3 Å². The number of aliphatic hydroxyl groups is 1. The summed E-state index contributed by atoms with van der Waals surface area (Å²) in [5, 5.41) is 9.48. The summed E-state index contributed by atoms with van der Waals surface area (Å²) >= 11 is 0. The number of hydrogen-bond donors (Lipinski definition) is 1. The molecule has 0 spiro atoms. The van der Waals surface area contributed by atoms with Crippen LogP contribution in [0.4, 0.5) is 0 Å². The van der Waals surface area contributed by atoms with Crippen molar-refractivity contribution >= 4 is 0 Å². The van der Waals surface area contributed by atoms with Crippen LogP contribution in [-0.2, 0) is 10.2 Å². The van der Waals surface area contributed by atoms with E-state index in [4.69, 9.17) is 4.74 Å². The maximum absolute atomic E-state index is 9.48. The number of rotatable bonds is 3. The van der Waals surface area contributed by atoms with Gasteiger partial charge in [-0.05, 0) is 18.2 Å². The number of aliphatic hydroxyl groups excluding tert-OH is 1. The van der Waals surface area contributed by atoms with Crippen molar-refractivity contribution in [3.05, 3.63) is 42.6 Å². The lowest BCUT2D eigenvalue weighted by molar-refractivity contribution is -0.0883. The van der Waals surface area contributed by atoms with Gasteiger partial charge in [0.2, 0.25) is 0 Å². The predicted molar refractivity (Wildman–Crippen MR) is 64.8 cm³/mol. The third-order valence-electron chi connectivity index (χ3n) is 3.17. The first-order chi connectivity index (χ1) is 8.84. The smallest absolute Gasteiger partial charge is 0.142 e. The first-order valence-corrected chi connectivity index (χ1v) is 5.77. The summed E-state index contributed by atoms with van der Waals surface area (Å²) in [6.07, 6.45) is 5.17. The van der Waals surface area contributed by atoms with Crippen molar-refractivity contribution in [3.63, 3.8) is 0 Å². The molecule has 1 saturated heterocycles. The van der Waals surface area contributed by atoms with Crippen LogP contribution in [0.3, 0.4) is 0 Å². The standard InChI is InChI=1S/C13H13N3O2/c17-7-13(8-18-9-13)12-15-6-3-11(16-12)10-1-4-14-5-2-10/h1-6,17H,7-9H2. The van der Waals surface area contributed by atoms with Crippen molar-refractivity contribution in [2.24, 2.45) is 0 Å². The fraction of sp³-hybridized carbons (Fsp3) is 0.308. The van der Waals surface area contributed by atoms with E-state index >= 15 is 0 Å². The molecule has 0 radical (unpaired) electrons. The van der Waals surface area contributed by atoms with E-state index in [0.29, 0.717) is 19.0 Å². The van der Waals surface area contributed by atoms with Crippen molar-refractivity contribution in [2.75, 3.05) is 19.8 Å². The van der Waals surface area contributed by atoms with Gasteiger partial charge >= 0.3 is 0 Å². The third-order valence-corrected chi connectivity index (χ3v) is 3.17. The molecule has 18 heavy (non-hydrogen) atoms. The molecule has 0 saturated carbocycles. The highest BCUT2D eigenvalue weighted by molar-refractivity contribution is 5.57. The normalized spacial score (nSPS) is 17.2. The van der Waals surface area contributed by atoms with Gasteiger partial charge in [-0.3, -0.25) is 4.98 Å². The van der Waals surface area contributed by atoms with E-state index in [9.17, 15) is 5.11 Å². The summed E-state index contributed by atoms with van der Waals surface area (Å²) in [7, 11) is 0. The van der Waals surface area contributed by atoms with Gasteiger partial charge in [-0.25, -0.2) is 9.97 Å². The van der Waals surface area contributed by atoms with Crippen molar-refractivity contribution in [3.8, 4) is 11.3 Å². The Hall–Kier alpha value is -1.85. The summed E-state index contributed by atoms with van der Waals surface area (Å²) in [6.45, 7) is 0.958. The molecule has 5 heteroatoms. The van der Waals surface area contributed by atoms with Gasteiger partial charge in [-0.15, -0.1) is 0 Å². The van der Waals surface area contributed by atoms with Crippen molar-refractivity contribution in [2.45, 2.75) is 5.41 Å². The predicted octanol–water partition coefficient (Wildman–Crippen LogP) is 0.799. The van der Waals surface area contributed by atoms with Gasteiger partial charge in [-0.2, -0.15) is 0 Å². The zero-order valence-corrected chi connectivity index (χ0v) is 9.78. The SMILES string of the molecule is OCC1(c2nccc(-c3ccncc3)n2)COC1. The fourth-order valence-electron chi connectivity index (χ4n) is 1.94. The van der Waals surface area contributed by atoms with Crippen LogP contribution >= 0.6 is 0 Å². The van der Waals surface area contributed by atoms with Crippen LogP contribution in [0, 0.1) is 0 Å². The summed E-state index contributed by atoms with van der Waals surface area (Å²) in [5.74, 6) is 0.644. The largest absolute Gasteiger partial charge is 0.395 e. The van der Waals surface area contributed by atoms with Crippen LogP contribution in [0.5, 0.6) is 0 Å². The zero-order valence-electron chi connectivity index (χ0n) is 9.78. The lowest BCUT2D eigenvalue weighted by Gasteiger charge is -2.38. The quantitative estimate of drug-likeness (QED) is 0.863. The third kappa shape index (κ3) is 1.77. The van der Waals surface area contributed by atoms with Crippen LogP contribution < -0.4 is 0 Å². The topological polar surface area (TPSA) is 68.1 Å². The molecule has 2 aromatic heterocycles. The molecule has 1 N–H and O–H groups in total.